The smallest absolute Gasteiger partial charge is 0.235 e. The Hall–Kier alpha value is -2.25. The van der Waals surface area contributed by atoms with E-state index in [0.717, 1.165) is 21.7 Å². The predicted octanol–water partition coefficient (Wildman–Crippen LogP) is 2.21. The molecule has 0 radical (unpaired) electrons. The summed E-state index contributed by atoms with van der Waals surface area (Å²) in [7, 11) is -3.58. The molecule has 0 saturated heterocycles. The molecule has 2 aromatic carbocycles. The van der Waals surface area contributed by atoms with Crippen LogP contribution in [0.2, 0.25) is 0 Å². The van der Waals surface area contributed by atoms with Gasteiger partial charge in [-0.15, -0.1) is 0 Å². The van der Waals surface area contributed by atoms with Crippen LogP contribution in [0.4, 0.5) is 4.39 Å². The number of nitrogens with one attached hydrogen (secondary N) is 1. The van der Waals surface area contributed by atoms with Crippen molar-refractivity contribution in [3.05, 3.63) is 71.0 Å². The number of halogens is 1. The quantitative estimate of drug-likeness (QED) is 0.819. The minimum atomic E-state index is -3.58. The van der Waals surface area contributed by atoms with Crippen LogP contribution in [0.5, 0.6) is 0 Å². The average Bonchev–Trinajstić information content (AvgIpc) is 2.55. The van der Waals surface area contributed by atoms with Crippen molar-refractivity contribution in [2.75, 3.05) is 12.8 Å². The van der Waals surface area contributed by atoms with Gasteiger partial charge in [-0.2, -0.15) is 4.31 Å². The Kier molecular flexibility index (Phi) is 6.27. The molecular weight excluding hydrogens is 343 g/mol. The van der Waals surface area contributed by atoms with E-state index in [0.29, 0.717) is 12.1 Å². The Labute approximate surface area is 147 Å². The lowest BCUT2D eigenvalue weighted by Crippen LogP contribution is -2.39. The summed E-state index contributed by atoms with van der Waals surface area (Å²) in [5.74, 6) is -0.793. The normalized spacial score (nSPS) is 11.5. The van der Waals surface area contributed by atoms with Crippen LogP contribution in [0.1, 0.15) is 16.7 Å². The van der Waals surface area contributed by atoms with Gasteiger partial charge in [-0.1, -0.05) is 42.0 Å². The van der Waals surface area contributed by atoms with Crippen molar-refractivity contribution in [2.45, 2.75) is 20.0 Å². The van der Waals surface area contributed by atoms with E-state index in [1.54, 1.807) is 0 Å². The number of hydrogen-bond acceptors (Lipinski definition) is 3. The predicted molar refractivity (Wildman–Crippen MR) is 94.7 cm³/mol. The molecule has 0 unspecified atom stereocenters. The van der Waals surface area contributed by atoms with E-state index in [-0.39, 0.29) is 13.1 Å². The van der Waals surface area contributed by atoms with Gasteiger partial charge in [-0.3, -0.25) is 4.79 Å². The van der Waals surface area contributed by atoms with Crippen molar-refractivity contribution in [3.8, 4) is 0 Å². The summed E-state index contributed by atoms with van der Waals surface area (Å²) in [6.07, 6.45) is 1.05. The first-order valence-corrected chi connectivity index (χ1v) is 9.60. The Morgan fingerprint density at radius 3 is 2.16 bits per heavy atom. The molecule has 0 atom stereocenters. The molecule has 1 amide bonds. The van der Waals surface area contributed by atoms with Gasteiger partial charge in [0.05, 0.1) is 12.8 Å². The molecule has 7 heteroatoms. The zero-order chi connectivity index (χ0) is 18.4. The number of nitrogens with zero attached hydrogens (tertiary/aromatic N) is 1. The summed E-state index contributed by atoms with van der Waals surface area (Å²) < 4.78 is 37.9. The van der Waals surface area contributed by atoms with Crippen molar-refractivity contribution in [3.63, 3.8) is 0 Å². The summed E-state index contributed by atoms with van der Waals surface area (Å²) >= 11 is 0. The molecule has 1 N–H and O–H groups in total. The van der Waals surface area contributed by atoms with E-state index < -0.39 is 21.7 Å². The van der Waals surface area contributed by atoms with Crippen LogP contribution < -0.4 is 5.32 Å². The standard InChI is InChI=1S/C18H21FN2O3S/c1-14-3-5-15(6-4-14)11-20-18(22)13-21(25(2,23)24)12-16-7-9-17(19)10-8-16/h3-10H,11-13H2,1-2H3,(H,20,22). The minimum absolute atomic E-state index is 0.0110. The van der Waals surface area contributed by atoms with Gasteiger partial charge in [0, 0.05) is 13.1 Å². The van der Waals surface area contributed by atoms with Gasteiger partial charge >= 0.3 is 0 Å². The maximum Gasteiger partial charge on any atom is 0.235 e. The Bertz CT molecular complexity index is 818. The molecule has 0 aliphatic rings. The number of benzene rings is 2. The van der Waals surface area contributed by atoms with E-state index >= 15 is 0 Å². The first kappa shape index (κ1) is 19.1. The Morgan fingerprint density at radius 2 is 1.60 bits per heavy atom. The third-order valence-corrected chi connectivity index (χ3v) is 4.87. The van der Waals surface area contributed by atoms with Crippen LogP contribution in [0, 0.1) is 12.7 Å². The fourth-order valence-corrected chi connectivity index (χ4v) is 2.94. The highest BCUT2D eigenvalue weighted by atomic mass is 32.2. The number of rotatable bonds is 7. The number of amides is 1. The molecule has 0 aliphatic heterocycles. The number of sulfonamides is 1. The zero-order valence-corrected chi connectivity index (χ0v) is 15.0. The third-order valence-electron chi connectivity index (χ3n) is 3.67. The van der Waals surface area contributed by atoms with E-state index in [9.17, 15) is 17.6 Å². The van der Waals surface area contributed by atoms with Crippen molar-refractivity contribution in [1.29, 1.82) is 0 Å². The lowest BCUT2D eigenvalue weighted by atomic mass is 10.1. The lowest BCUT2D eigenvalue weighted by Gasteiger charge is -2.19. The zero-order valence-electron chi connectivity index (χ0n) is 14.2. The van der Waals surface area contributed by atoms with Crippen LogP contribution in [0.25, 0.3) is 0 Å². The molecule has 25 heavy (non-hydrogen) atoms. The van der Waals surface area contributed by atoms with Crippen LogP contribution in [-0.2, 0) is 27.9 Å². The molecule has 2 rings (SSSR count). The van der Waals surface area contributed by atoms with Gasteiger partial charge in [-0.25, -0.2) is 12.8 Å². The molecule has 134 valence electrons. The molecule has 0 aromatic heterocycles. The highest BCUT2D eigenvalue weighted by molar-refractivity contribution is 7.88. The van der Waals surface area contributed by atoms with Gasteiger partial charge in [0.2, 0.25) is 15.9 Å². The highest BCUT2D eigenvalue weighted by Crippen LogP contribution is 2.10. The largest absolute Gasteiger partial charge is 0.351 e. The van der Waals surface area contributed by atoms with Crippen LogP contribution in [0.15, 0.2) is 48.5 Å². The van der Waals surface area contributed by atoms with Gasteiger partial charge in [0.1, 0.15) is 5.82 Å². The van der Waals surface area contributed by atoms with Crippen molar-refractivity contribution in [2.24, 2.45) is 0 Å². The Balaban J connectivity index is 1.97. The maximum atomic E-state index is 13.0. The molecular formula is C18H21FN2O3S. The van der Waals surface area contributed by atoms with E-state index in [2.05, 4.69) is 5.32 Å². The third kappa shape index (κ3) is 6.28. The monoisotopic (exact) mass is 364 g/mol. The average molecular weight is 364 g/mol. The first-order valence-electron chi connectivity index (χ1n) is 7.76. The molecule has 0 saturated carbocycles. The van der Waals surface area contributed by atoms with Crippen LogP contribution in [0.3, 0.4) is 0 Å². The van der Waals surface area contributed by atoms with Crippen molar-refractivity contribution >= 4 is 15.9 Å². The molecule has 0 bridgehead atoms. The van der Waals surface area contributed by atoms with E-state index in [1.807, 2.05) is 31.2 Å². The molecule has 0 spiro atoms. The number of aryl methyl sites for hydroxylation is 1. The molecule has 5 nitrogen and oxygen atoms in total. The summed E-state index contributed by atoms with van der Waals surface area (Å²) in [5.41, 5.74) is 2.67. The van der Waals surface area contributed by atoms with Crippen LogP contribution in [-0.4, -0.2) is 31.4 Å². The van der Waals surface area contributed by atoms with Gasteiger partial charge in [0.25, 0.3) is 0 Å². The number of hydrogen-bond donors (Lipinski definition) is 1. The summed E-state index contributed by atoms with van der Waals surface area (Å²) in [5, 5.41) is 2.71. The lowest BCUT2D eigenvalue weighted by molar-refractivity contribution is -0.121. The molecule has 0 aliphatic carbocycles. The second-order valence-electron chi connectivity index (χ2n) is 5.92. The van der Waals surface area contributed by atoms with E-state index in [4.69, 9.17) is 0 Å². The minimum Gasteiger partial charge on any atom is -0.351 e. The van der Waals surface area contributed by atoms with Gasteiger partial charge < -0.3 is 5.32 Å². The summed E-state index contributed by atoms with van der Waals surface area (Å²) in [6.45, 7) is 2.02. The van der Waals surface area contributed by atoms with Crippen molar-refractivity contribution in [1.82, 2.24) is 9.62 Å². The summed E-state index contributed by atoms with van der Waals surface area (Å²) in [4.78, 5) is 12.1. The van der Waals surface area contributed by atoms with Gasteiger partial charge in [0.15, 0.2) is 0 Å². The van der Waals surface area contributed by atoms with Gasteiger partial charge in [-0.05, 0) is 30.2 Å². The SMILES string of the molecule is Cc1ccc(CNC(=O)CN(Cc2ccc(F)cc2)S(C)(=O)=O)cc1. The number of carbonyl (C=O) groups is 1. The number of carbonyl (C=O) groups excluding carboxylic acids is 1. The Morgan fingerprint density at radius 1 is 1.04 bits per heavy atom. The fraction of sp³-hybridized carbons (Fsp3) is 0.278. The second kappa shape index (κ2) is 8.22. The fourth-order valence-electron chi connectivity index (χ4n) is 2.21. The molecule has 0 heterocycles. The highest BCUT2D eigenvalue weighted by Gasteiger charge is 2.20. The first-order chi connectivity index (χ1) is 11.7. The maximum absolute atomic E-state index is 13.0. The summed E-state index contributed by atoms with van der Waals surface area (Å²) in [6, 6.07) is 13.2. The van der Waals surface area contributed by atoms with Crippen LogP contribution >= 0.6 is 0 Å². The molecule has 2 aromatic rings. The van der Waals surface area contributed by atoms with E-state index in [1.165, 1.54) is 24.3 Å². The topological polar surface area (TPSA) is 66.5 Å². The van der Waals surface area contributed by atoms with Crippen molar-refractivity contribution < 1.29 is 17.6 Å². The molecule has 0 fully saturated rings. The second-order valence-corrected chi connectivity index (χ2v) is 7.90.